The van der Waals surface area contributed by atoms with Crippen molar-refractivity contribution < 1.29 is 29.4 Å². The van der Waals surface area contributed by atoms with Gasteiger partial charge in [-0.25, -0.2) is 0 Å². The zero-order valence-corrected chi connectivity index (χ0v) is 12.4. The first kappa shape index (κ1) is 17.6. The summed E-state index contributed by atoms with van der Waals surface area (Å²) in [6.45, 7) is 3.06. The molecule has 1 aromatic carbocycles. The summed E-state index contributed by atoms with van der Waals surface area (Å²) in [5, 5.41) is 17.4. The van der Waals surface area contributed by atoms with Gasteiger partial charge in [0.15, 0.2) is 11.6 Å². The van der Waals surface area contributed by atoms with Gasteiger partial charge in [0, 0.05) is 23.0 Å². The van der Waals surface area contributed by atoms with Crippen molar-refractivity contribution in [3.05, 3.63) is 35.4 Å². The third kappa shape index (κ3) is 4.80. The second-order valence-electron chi connectivity index (χ2n) is 5.30. The van der Waals surface area contributed by atoms with Gasteiger partial charge in [0.25, 0.3) is 0 Å². The van der Waals surface area contributed by atoms with E-state index in [0.717, 1.165) is 0 Å². The van der Waals surface area contributed by atoms with Crippen LogP contribution in [0.3, 0.4) is 0 Å². The molecule has 0 saturated heterocycles. The summed E-state index contributed by atoms with van der Waals surface area (Å²) >= 11 is 0. The fourth-order valence-corrected chi connectivity index (χ4v) is 2.08. The summed E-state index contributed by atoms with van der Waals surface area (Å²) < 4.78 is 0. The Morgan fingerprint density at radius 3 is 1.27 bits per heavy atom. The number of carboxylic acid groups (broad SMARTS) is 2. The van der Waals surface area contributed by atoms with Crippen molar-refractivity contribution in [1.82, 2.24) is 0 Å². The molecule has 0 heterocycles. The minimum atomic E-state index is -1.05. The minimum absolute atomic E-state index is 0.255. The van der Waals surface area contributed by atoms with Crippen molar-refractivity contribution in [2.24, 2.45) is 11.8 Å². The molecule has 6 nitrogen and oxygen atoms in total. The van der Waals surface area contributed by atoms with Crippen molar-refractivity contribution in [3.63, 3.8) is 0 Å². The normalized spacial score (nSPS) is 13.2. The van der Waals surface area contributed by atoms with Gasteiger partial charge in [0.1, 0.15) is 0 Å². The van der Waals surface area contributed by atoms with E-state index in [0.29, 0.717) is 11.1 Å². The van der Waals surface area contributed by atoms with Crippen LogP contribution < -0.4 is 0 Å². The maximum Gasteiger partial charge on any atom is 0.304 e. The Labute approximate surface area is 127 Å². The lowest BCUT2D eigenvalue weighted by atomic mass is 9.93. The van der Waals surface area contributed by atoms with E-state index >= 15 is 0 Å². The molecule has 0 bridgehead atoms. The second-order valence-corrected chi connectivity index (χ2v) is 5.30. The summed E-state index contributed by atoms with van der Waals surface area (Å²) in [6.07, 6.45) is -0.510. The molecule has 1 rings (SSSR count). The molecule has 0 spiro atoms. The molecule has 0 saturated carbocycles. The number of rotatable bonds is 8. The van der Waals surface area contributed by atoms with Crippen molar-refractivity contribution in [3.8, 4) is 0 Å². The summed E-state index contributed by atoms with van der Waals surface area (Å²) in [5.41, 5.74) is 0.660. The first-order valence-electron chi connectivity index (χ1n) is 6.84. The highest BCUT2D eigenvalue weighted by atomic mass is 16.4. The largest absolute Gasteiger partial charge is 0.481 e. The van der Waals surface area contributed by atoms with Gasteiger partial charge < -0.3 is 10.2 Å². The van der Waals surface area contributed by atoms with Crippen LogP contribution in [-0.4, -0.2) is 33.7 Å². The van der Waals surface area contributed by atoms with Crippen LogP contribution in [0.5, 0.6) is 0 Å². The number of carbonyl (C=O) groups excluding carboxylic acids is 2. The van der Waals surface area contributed by atoms with Crippen LogP contribution in [0.4, 0.5) is 0 Å². The van der Waals surface area contributed by atoms with Gasteiger partial charge >= 0.3 is 11.9 Å². The van der Waals surface area contributed by atoms with Gasteiger partial charge in [-0.2, -0.15) is 0 Å². The number of ketones is 2. The molecule has 1 aromatic rings. The molecular formula is C16H18O6. The molecule has 2 atom stereocenters. The van der Waals surface area contributed by atoms with Crippen LogP contribution in [0.1, 0.15) is 47.4 Å². The van der Waals surface area contributed by atoms with Gasteiger partial charge in [-0.15, -0.1) is 0 Å². The fourth-order valence-electron chi connectivity index (χ4n) is 2.08. The number of benzene rings is 1. The topological polar surface area (TPSA) is 109 Å². The number of carboxylic acids is 2. The predicted octanol–water partition coefficient (Wildman–Crippen LogP) is 2.27. The highest BCUT2D eigenvalue weighted by molar-refractivity contribution is 6.02. The van der Waals surface area contributed by atoms with Crippen LogP contribution >= 0.6 is 0 Å². The van der Waals surface area contributed by atoms with E-state index in [2.05, 4.69) is 0 Å². The van der Waals surface area contributed by atoms with Crippen molar-refractivity contribution >= 4 is 23.5 Å². The molecule has 0 fully saturated rings. The second kappa shape index (κ2) is 7.49. The first-order valence-corrected chi connectivity index (χ1v) is 6.84. The van der Waals surface area contributed by atoms with Crippen molar-refractivity contribution in [1.29, 1.82) is 0 Å². The smallest absolute Gasteiger partial charge is 0.304 e. The lowest BCUT2D eigenvalue weighted by Crippen LogP contribution is -2.17. The van der Waals surface area contributed by atoms with E-state index in [1.54, 1.807) is 0 Å². The average molecular weight is 306 g/mol. The molecule has 118 valence electrons. The molecular weight excluding hydrogens is 288 g/mol. The Kier molecular flexibility index (Phi) is 5.98. The highest BCUT2D eigenvalue weighted by Gasteiger charge is 2.20. The zero-order valence-electron chi connectivity index (χ0n) is 12.4. The van der Waals surface area contributed by atoms with Crippen LogP contribution in [0.15, 0.2) is 24.3 Å². The quantitative estimate of drug-likeness (QED) is 0.713. The zero-order chi connectivity index (χ0) is 16.9. The third-order valence-corrected chi connectivity index (χ3v) is 3.31. The highest BCUT2D eigenvalue weighted by Crippen LogP contribution is 2.16. The van der Waals surface area contributed by atoms with E-state index in [4.69, 9.17) is 10.2 Å². The molecule has 0 radical (unpaired) electrons. The number of hydrogen-bond acceptors (Lipinski definition) is 4. The molecule has 0 aliphatic carbocycles. The van der Waals surface area contributed by atoms with Gasteiger partial charge in [-0.1, -0.05) is 38.1 Å². The Hall–Kier alpha value is -2.50. The summed E-state index contributed by atoms with van der Waals surface area (Å²) in [4.78, 5) is 45.2. The predicted molar refractivity (Wildman–Crippen MR) is 77.9 cm³/mol. The molecule has 22 heavy (non-hydrogen) atoms. The number of aliphatic carboxylic acids is 2. The van der Waals surface area contributed by atoms with Crippen LogP contribution in [0.2, 0.25) is 0 Å². The molecule has 2 N–H and O–H groups in total. The third-order valence-electron chi connectivity index (χ3n) is 3.31. The summed E-state index contributed by atoms with van der Waals surface area (Å²) in [6, 6.07) is 5.84. The van der Waals surface area contributed by atoms with Gasteiger partial charge in [-0.05, 0) is 0 Å². The van der Waals surface area contributed by atoms with Gasteiger partial charge in [0.05, 0.1) is 12.8 Å². The molecule has 0 amide bonds. The summed E-state index contributed by atoms with van der Waals surface area (Å²) in [5.74, 6) is -4.00. The minimum Gasteiger partial charge on any atom is -0.481 e. The Morgan fingerprint density at radius 1 is 0.773 bits per heavy atom. The lowest BCUT2D eigenvalue weighted by molar-refractivity contribution is -0.138. The van der Waals surface area contributed by atoms with Gasteiger partial charge in [0.2, 0.25) is 0 Å². The van der Waals surface area contributed by atoms with E-state index in [9.17, 15) is 19.2 Å². The molecule has 2 unspecified atom stereocenters. The van der Waals surface area contributed by atoms with Crippen LogP contribution in [0.25, 0.3) is 0 Å². The van der Waals surface area contributed by atoms with E-state index in [1.807, 2.05) is 0 Å². The first-order chi connectivity index (χ1) is 10.2. The molecule has 0 aromatic heterocycles. The molecule has 0 aliphatic heterocycles. The van der Waals surface area contributed by atoms with E-state index < -0.39 is 23.8 Å². The Balaban J connectivity index is 2.82. The maximum absolute atomic E-state index is 12.0. The van der Waals surface area contributed by atoms with Crippen LogP contribution in [-0.2, 0) is 9.59 Å². The van der Waals surface area contributed by atoms with E-state index in [-0.39, 0.29) is 24.4 Å². The number of hydrogen-bond donors (Lipinski definition) is 2. The standard InChI is InChI=1S/C16H18O6/c1-9(7-13(17)18)15(21)11-3-5-12(6-4-11)16(22)10(2)8-14(19)20/h3-6,9-10H,7-8H2,1-2H3,(H,17,18)(H,19,20). The molecule has 6 heteroatoms. The van der Waals surface area contributed by atoms with E-state index in [1.165, 1.54) is 38.1 Å². The maximum atomic E-state index is 12.0. The number of carbonyl (C=O) groups is 4. The van der Waals surface area contributed by atoms with Crippen molar-refractivity contribution in [2.75, 3.05) is 0 Å². The van der Waals surface area contributed by atoms with Gasteiger partial charge in [-0.3, -0.25) is 19.2 Å². The Morgan fingerprint density at radius 2 is 1.05 bits per heavy atom. The molecule has 0 aliphatic rings. The fraction of sp³-hybridized carbons (Fsp3) is 0.375. The van der Waals surface area contributed by atoms with Crippen molar-refractivity contribution in [2.45, 2.75) is 26.7 Å². The summed E-state index contributed by atoms with van der Waals surface area (Å²) in [7, 11) is 0. The average Bonchev–Trinajstić information content (AvgIpc) is 2.44. The number of Topliss-reactive ketones (excluding diaryl/α,β-unsaturated/α-hetero) is 2. The SMILES string of the molecule is CC(CC(=O)O)C(=O)c1ccc(C(=O)C(C)CC(=O)O)cc1. The Bertz CT molecular complexity index is 534. The monoisotopic (exact) mass is 306 g/mol. The lowest BCUT2D eigenvalue weighted by Gasteiger charge is -2.10. The van der Waals surface area contributed by atoms with Crippen LogP contribution in [0, 0.1) is 11.8 Å².